The van der Waals surface area contributed by atoms with E-state index >= 15 is 0 Å². The molecule has 138 valence electrons. The Hall–Kier alpha value is -3.00. The number of thiophene rings is 1. The van der Waals surface area contributed by atoms with Crippen molar-refractivity contribution in [1.82, 2.24) is 10.5 Å². The van der Waals surface area contributed by atoms with Crippen LogP contribution in [0, 0.1) is 11.7 Å². The van der Waals surface area contributed by atoms with E-state index in [4.69, 9.17) is 4.52 Å². The van der Waals surface area contributed by atoms with E-state index in [1.807, 2.05) is 17.5 Å². The first kappa shape index (κ1) is 17.4. The number of halogens is 1. The Morgan fingerprint density at radius 3 is 2.89 bits per heavy atom. The first-order chi connectivity index (χ1) is 13.1. The Morgan fingerprint density at radius 2 is 2.15 bits per heavy atom. The molecule has 1 aliphatic heterocycles. The molecule has 1 aliphatic rings. The molecule has 0 spiro atoms. The van der Waals surface area contributed by atoms with Crippen LogP contribution in [0.25, 0.3) is 10.6 Å². The minimum Gasteiger partial charge on any atom is -0.355 e. The van der Waals surface area contributed by atoms with Crippen LogP contribution in [0.4, 0.5) is 10.1 Å². The van der Waals surface area contributed by atoms with Gasteiger partial charge >= 0.3 is 0 Å². The van der Waals surface area contributed by atoms with E-state index in [0.717, 1.165) is 4.88 Å². The molecule has 1 fully saturated rings. The summed E-state index contributed by atoms with van der Waals surface area (Å²) in [4.78, 5) is 27.1. The van der Waals surface area contributed by atoms with Gasteiger partial charge in [0.25, 0.3) is 0 Å². The number of hydrogen-bond donors (Lipinski definition) is 1. The van der Waals surface area contributed by atoms with Gasteiger partial charge in [0.2, 0.25) is 11.8 Å². The highest BCUT2D eigenvalue weighted by Gasteiger charge is 2.35. The molecule has 0 aliphatic carbocycles. The molecule has 6 nitrogen and oxygen atoms in total. The Balaban J connectivity index is 1.35. The van der Waals surface area contributed by atoms with E-state index in [1.165, 1.54) is 29.2 Å². The van der Waals surface area contributed by atoms with Crippen LogP contribution in [0.1, 0.15) is 12.1 Å². The third-order valence-corrected chi connectivity index (χ3v) is 5.29. The minimum atomic E-state index is -0.453. The highest BCUT2D eigenvalue weighted by atomic mass is 32.1. The number of hydrogen-bond acceptors (Lipinski definition) is 5. The Bertz CT molecular complexity index is 953. The molecular formula is C19H16FN3O3S. The SMILES string of the molecule is O=C(NCc1cc(-c2cccs2)on1)[C@@H]1CC(=O)N(c2ccc(F)cc2)C1. The molecule has 8 heteroatoms. The van der Waals surface area contributed by atoms with E-state index < -0.39 is 5.92 Å². The van der Waals surface area contributed by atoms with Gasteiger partial charge in [0.05, 0.1) is 17.3 Å². The van der Waals surface area contributed by atoms with Gasteiger partial charge in [-0.2, -0.15) is 0 Å². The van der Waals surface area contributed by atoms with Gasteiger partial charge in [-0.25, -0.2) is 4.39 Å². The summed E-state index contributed by atoms with van der Waals surface area (Å²) in [5.41, 5.74) is 1.21. The molecule has 1 saturated heterocycles. The van der Waals surface area contributed by atoms with Gasteiger partial charge in [0, 0.05) is 24.7 Å². The average Bonchev–Trinajstić information content (AvgIpc) is 3.41. The summed E-state index contributed by atoms with van der Waals surface area (Å²) in [6.45, 7) is 0.504. The molecule has 0 saturated carbocycles. The van der Waals surface area contributed by atoms with Crippen molar-refractivity contribution < 1.29 is 18.5 Å². The van der Waals surface area contributed by atoms with Gasteiger partial charge < -0.3 is 14.7 Å². The average molecular weight is 385 g/mol. The number of anilines is 1. The summed E-state index contributed by atoms with van der Waals surface area (Å²) in [6, 6.07) is 11.3. The largest absolute Gasteiger partial charge is 0.355 e. The second-order valence-electron chi connectivity index (χ2n) is 6.26. The van der Waals surface area contributed by atoms with Gasteiger partial charge in [0.15, 0.2) is 5.76 Å². The van der Waals surface area contributed by atoms with Crippen molar-refractivity contribution in [2.24, 2.45) is 5.92 Å². The maximum Gasteiger partial charge on any atom is 0.227 e. The summed E-state index contributed by atoms with van der Waals surface area (Å²) in [7, 11) is 0. The second kappa shape index (κ2) is 7.32. The highest BCUT2D eigenvalue weighted by Crippen LogP contribution is 2.26. The normalized spacial score (nSPS) is 16.7. The zero-order valence-electron chi connectivity index (χ0n) is 14.2. The third kappa shape index (κ3) is 3.75. The molecule has 2 aromatic heterocycles. The lowest BCUT2D eigenvalue weighted by molar-refractivity contribution is -0.126. The zero-order valence-corrected chi connectivity index (χ0v) is 15.0. The fourth-order valence-corrected chi connectivity index (χ4v) is 3.68. The summed E-state index contributed by atoms with van der Waals surface area (Å²) in [5.74, 6) is -0.523. The molecule has 1 aromatic carbocycles. The van der Waals surface area contributed by atoms with Crippen LogP contribution in [0.5, 0.6) is 0 Å². The van der Waals surface area contributed by atoms with Gasteiger partial charge in [-0.3, -0.25) is 9.59 Å². The lowest BCUT2D eigenvalue weighted by Gasteiger charge is -2.16. The van der Waals surface area contributed by atoms with Crippen molar-refractivity contribution in [3.63, 3.8) is 0 Å². The maximum atomic E-state index is 13.0. The van der Waals surface area contributed by atoms with Crippen LogP contribution < -0.4 is 10.2 Å². The van der Waals surface area contributed by atoms with E-state index in [1.54, 1.807) is 17.4 Å². The number of nitrogens with zero attached hydrogens (tertiary/aromatic N) is 2. The molecule has 0 radical (unpaired) electrons. The molecule has 27 heavy (non-hydrogen) atoms. The summed E-state index contributed by atoms with van der Waals surface area (Å²) in [6.07, 6.45) is 0.127. The monoisotopic (exact) mass is 385 g/mol. The summed E-state index contributed by atoms with van der Waals surface area (Å²) >= 11 is 1.55. The lowest BCUT2D eigenvalue weighted by Crippen LogP contribution is -2.32. The molecule has 1 N–H and O–H groups in total. The molecule has 4 rings (SSSR count). The van der Waals surface area contributed by atoms with Gasteiger partial charge in [-0.15, -0.1) is 11.3 Å². The topological polar surface area (TPSA) is 75.4 Å². The first-order valence-corrected chi connectivity index (χ1v) is 9.31. The Morgan fingerprint density at radius 1 is 1.33 bits per heavy atom. The van der Waals surface area contributed by atoms with E-state index in [9.17, 15) is 14.0 Å². The van der Waals surface area contributed by atoms with E-state index in [-0.39, 0.29) is 37.1 Å². The molecular weight excluding hydrogens is 369 g/mol. The molecule has 3 aromatic rings. The van der Waals surface area contributed by atoms with Crippen molar-refractivity contribution in [2.45, 2.75) is 13.0 Å². The molecule has 0 bridgehead atoms. The van der Waals surface area contributed by atoms with E-state index in [0.29, 0.717) is 17.1 Å². The lowest BCUT2D eigenvalue weighted by atomic mass is 10.1. The van der Waals surface area contributed by atoms with Crippen molar-refractivity contribution in [3.8, 4) is 10.6 Å². The third-order valence-electron chi connectivity index (χ3n) is 4.40. The summed E-state index contributed by atoms with van der Waals surface area (Å²) < 4.78 is 18.3. The number of carbonyl (C=O) groups excluding carboxylic acids is 2. The van der Waals surface area contributed by atoms with Crippen LogP contribution >= 0.6 is 11.3 Å². The fraction of sp³-hybridized carbons (Fsp3) is 0.211. The van der Waals surface area contributed by atoms with E-state index in [2.05, 4.69) is 10.5 Å². The van der Waals surface area contributed by atoms with Crippen LogP contribution in [0.15, 0.2) is 52.4 Å². The van der Waals surface area contributed by atoms with Gasteiger partial charge in [-0.1, -0.05) is 11.2 Å². The number of nitrogens with one attached hydrogen (secondary N) is 1. The predicted octanol–water partition coefficient (Wildman–Crippen LogP) is 3.21. The quantitative estimate of drug-likeness (QED) is 0.732. The number of carbonyl (C=O) groups is 2. The number of amides is 2. The maximum absolute atomic E-state index is 13.0. The van der Waals surface area contributed by atoms with Crippen molar-refractivity contribution in [3.05, 3.63) is 59.4 Å². The van der Waals surface area contributed by atoms with Crippen LogP contribution in [0.2, 0.25) is 0 Å². The van der Waals surface area contributed by atoms with Crippen LogP contribution in [-0.2, 0) is 16.1 Å². The summed E-state index contributed by atoms with van der Waals surface area (Å²) in [5, 5.41) is 8.71. The number of aromatic nitrogens is 1. The smallest absolute Gasteiger partial charge is 0.227 e. The first-order valence-electron chi connectivity index (χ1n) is 8.43. The van der Waals surface area contributed by atoms with Crippen molar-refractivity contribution >= 4 is 28.8 Å². The predicted molar refractivity (Wildman–Crippen MR) is 98.5 cm³/mol. The minimum absolute atomic E-state index is 0.127. The molecule has 2 amide bonds. The Labute approximate surface area is 158 Å². The fourth-order valence-electron chi connectivity index (χ4n) is 3.01. The second-order valence-corrected chi connectivity index (χ2v) is 7.21. The van der Waals surface area contributed by atoms with Crippen LogP contribution in [-0.4, -0.2) is 23.5 Å². The molecule has 0 unspecified atom stereocenters. The Kier molecular flexibility index (Phi) is 4.72. The van der Waals surface area contributed by atoms with Gasteiger partial charge in [0.1, 0.15) is 11.5 Å². The van der Waals surface area contributed by atoms with Crippen molar-refractivity contribution in [1.29, 1.82) is 0 Å². The van der Waals surface area contributed by atoms with Crippen LogP contribution in [0.3, 0.4) is 0 Å². The number of benzene rings is 1. The highest BCUT2D eigenvalue weighted by molar-refractivity contribution is 7.13. The molecule has 1 atom stereocenters. The van der Waals surface area contributed by atoms with Gasteiger partial charge in [-0.05, 0) is 35.7 Å². The zero-order chi connectivity index (χ0) is 18.8. The van der Waals surface area contributed by atoms with Crippen molar-refractivity contribution in [2.75, 3.05) is 11.4 Å². The molecule has 3 heterocycles. The standard InChI is InChI=1S/C19H16FN3O3S/c20-13-3-5-15(6-4-13)23-11-12(8-18(23)24)19(25)21-10-14-9-16(26-22-14)17-2-1-7-27-17/h1-7,9,12H,8,10-11H2,(H,21,25)/t12-/m1/s1. The number of rotatable bonds is 5.